The van der Waals surface area contributed by atoms with Gasteiger partial charge in [0.05, 0.1) is 0 Å². The molecule has 0 fully saturated rings. The molecular weight excluding hydrogens is 376 g/mol. The van der Waals surface area contributed by atoms with Crippen LogP contribution >= 0.6 is 28.3 Å². The van der Waals surface area contributed by atoms with Crippen LogP contribution in [0.1, 0.15) is 33.1 Å². The highest BCUT2D eigenvalue weighted by Gasteiger charge is 2.20. The fourth-order valence-electron chi connectivity index (χ4n) is 2.92. The van der Waals surface area contributed by atoms with Gasteiger partial charge < -0.3 is 10.6 Å². The minimum Gasteiger partial charge on any atom is -0.350 e. The topological polar surface area (TPSA) is 41.1 Å². The molecule has 1 heterocycles. The Morgan fingerprint density at radius 3 is 2.87 bits per heavy atom. The van der Waals surface area contributed by atoms with Gasteiger partial charge in [0.25, 0.3) is 5.91 Å². The maximum Gasteiger partial charge on any atom is 0.251 e. The highest BCUT2D eigenvalue weighted by Crippen LogP contribution is 2.23. The van der Waals surface area contributed by atoms with Gasteiger partial charge in [0.15, 0.2) is 0 Å². The predicted octanol–water partition coefficient (Wildman–Crippen LogP) is 3.80. The van der Waals surface area contributed by atoms with Crippen LogP contribution in [0.4, 0.5) is 0 Å². The van der Waals surface area contributed by atoms with E-state index in [2.05, 4.69) is 50.8 Å². The standard InChI is InChI=1S/C18H19BrN2O.ClH/c1-12-14(7-4-8-16(12)19)18(22)21-11-17-15-6-3-2-5-13(15)9-10-20-17;/h2-8,17,20H,9-11H2,1H3,(H,21,22);1H. The van der Waals surface area contributed by atoms with Crippen LogP contribution in [0.5, 0.6) is 0 Å². The molecule has 0 bridgehead atoms. The van der Waals surface area contributed by atoms with E-state index in [9.17, 15) is 4.79 Å². The molecule has 0 saturated heterocycles. The molecule has 1 amide bonds. The number of hydrogen-bond donors (Lipinski definition) is 2. The van der Waals surface area contributed by atoms with Crippen LogP contribution < -0.4 is 10.6 Å². The number of carbonyl (C=O) groups excluding carboxylic acids is 1. The maximum atomic E-state index is 12.4. The van der Waals surface area contributed by atoms with Crippen molar-refractivity contribution in [3.05, 3.63) is 69.2 Å². The van der Waals surface area contributed by atoms with Crippen molar-refractivity contribution in [1.29, 1.82) is 0 Å². The number of hydrogen-bond acceptors (Lipinski definition) is 2. The quantitative estimate of drug-likeness (QED) is 0.830. The molecule has 122 valence electrons. The smallest absolute Gasteiger partial charge is 0.251 e. The van der Waals surface area contributed by atoms with Crippen LogP contribution in [0.25, 0.3) is 0 Å². The van der Waals surface area contributed by atoms with Gasteiger partial charge in [0.2, 0.25) is 0 Å². The lowest BCUT2D eigenvalue weighted by Crippen LogP contribution is -2.39. The molecule has 3 nitrogen and oxygen atoms in total. The summed E-state index contributed by atoms with van der Waals surface area (Å²) in [6.07, 6.45) is 1.05. The van der Waals surface area contributed by atoms with Gasteiger partial charge in [0, 0.05) is 22.6 Å². The third kappa shape index (κ3) is 3.94. The Kier molecular flexibility index (Phi) is 6.22. The van der Waals surface area contributed by atoms with E-state index in [0.717, 1.165) is 28.6 Å². The fourth-order valence-corrected chi connectivity index (χ4v) is 3.28. The van der Waals surface area contributed by atoms with Gasteiger partial charge in [-0.2, -0.15) is 0 Å². The average molecular weight is 396 g/mol. The molecule has 0 aliphatic carbocycles. The van der Waals surface area contributed by atoms with Crippen molar-refractivity contribution in [2.45, 2.75) is 19.4 Å². The van der Waals surface area contributed by atoms with Crippen LogP contribution in [-0.2, 0) is 6.42 Å². The van der Waals surface area contributed by atoms with E-state index >= 15 is 0 Å². The summed E-state index contributed by atoms with van der Waals surface area (Å²) in [5.41, 5.74) is 4.36. The Balaban J connectivity index is 0.00000192. The van der Waals surface area contributed by atoms with Crippen molar-refractivity contribution in [3.8, 4) is 0 Å². The van der Waals surface area contributed by atoms with Gasteiger partial charge in [0.1, 0.15) is 0 Å². The second kappa shape index (κ2) is 7.95. The van der Waals surface area contributed by atoms with Crippen molar-refractivity contribution in [1.82, 2.24) is 10.6 Å². The monoisotopic (exact) mass is 394 g/mol. The summed E-state index contributed by atoms with van der Waals surface area (Å²) >= 11 is 3.47. The van der Waals surface area contributed by atoms with Crippen molar-refractivity contribution in [2.75, 3.05) is 13.1 Å². The first-order valence-corrected chi connectivity index (χ1v) is 8.30. The lowest BCUT2D eigenvalue weighted by molar-refractivity contribution is 0.0948. The molecule has 0 aromatic heterocycles. The number of halogens is 2. The third-order valence-electron chi connectivity index (χ3n) is 4.19. The lowest BCUT2D eigenvalue weighted by atomic mass is 9.94. The number of rotatable bonds is 3. The van der Waals surface area contributed by atoms with Gasteiger partial charge in [-0.3, -0.25) is 4.79 Å². The summed E-state index contributed by atoms with van der Waals surface area (Å²) in [4.78, 5) is 12.4. The summed E-state index contributed by atoms with van der Waals surface area (Å²) in [7, 11) is 0. The van der Waals surface area contributed by atoms with Gasteiger partial charge in [-0.15, -0.1) is 12.4 Å². The zero-order valence-corrected chi connectivity index (χ0v) is 15.3. The van der Waals surface area contributed by atoms with Crippen molar-refractivity contribution in [2.24, 2.45) is 0 Å². The highest BCUT2D eigenvalue weighted by molar-refractivity contribution is 9.10. The van der Waals surface area contributed by atoms with Gasteiger partial charge in [-0.05, 0) is 48.7 Å². The number of amides is 1. The Morgan fingerprint density at radius 1 is 1.26 bits per heavy atom. The summed E-state index contributed by atoms with van der Waals surface area (Å²) in [6.45, 7) is 3.50. The summed E-state index contributed by atoms with van der Waals surface area (Å²) in [5.74, 6) is -0.0244. The molecule has 3 rings (SSSR count). The summed E-state index contributed by atoms with van der Waals surface area (Å²) in [6, 6.07) is 14.3. The molecule has 5 heteroatoms. The Morgan fingerprint density at radius 2 is 2.04 bits per heavy atom. The first-order chi connectivity index (χ1) is 10.7. The molecule has 1 aliphatic heterocycles. The van der Waals surface area contributed by atoms with E-state index in [0.29, 0.717) is 6.54 Å². The van der Waals surface area contributed by atoms with Crippen LogP contribution in [0, 0.1) is 6.92 Å². The Labute approximate surface area is 151 Å². The normalized spacial score (nSPS) is 16.2. The molecule has 2 aromatic carbocycles. The van der Waals surface area contributed by atoms with Crippen molar-refractivity contribution >= 4 is 34.2 Å². The number of benzene rings is 2. The fraction of sp³-hybridized carbons (Fsp3) is 0.278. The predicted molar refractivity (Wildman–Crippen MR) is 99.3 cm³/mol. The summed E-state index contributed by atoms with van der Waals surface area (Å²) < 4.78 is 0.960. The minimum atomic E-state index is -0.0244. The highest BCUT2D eigenvalue weighted by atomic mass is 79.9. The van der Waals surface area contributed by atoms with Crippen LogP contribution in [0.3, 0.4) is 0 Å². The van der Waals surface area contributed by atoms with E-state index in [4.69, 9.17) is 0 Å². The maximum absolute atomic E-state index is 12.4. The third-order valence-corrected chi connectivity index (χ3v) is 5.05. The number of carbonyl (C=O) groups is 1. The molecule has 0 radical (unpaired) electrons. The SMILES string of the molecule is Cc1c(Br)cccc1C(=O)NCC1NCCc2ccccc21.Cl. The molecule has 2 N–H and O–H groups in total. The van der Waals surface area contributed by atoms with E-state index < -0.39 is 0 Å². The van der Waals surface area contributed by atoms with E-state index in [1.54, 1.807) is 0 Å². The first kappa shape index (κ1) is 18.0. The van der Waals surface area contributed by atoms with Crippen molar-refractivity contribution in [3.63, 3.8) is 0 Å². The molecule has 1 aliphatic rings. The van der Waals surface area contributed by atoms with Crippen LogP contribution in [-0.4, -0.2) is 19.0 Å². The molecular formula is C18H20BrClN2O. The second-order valence-electron chi connectivity index (χ2n) is 5.58. The van der Waals surface area contributed by atoms with Crippen molar-refractivity contribution < 1.29 is 4.79 Å². The van der Waals surface area contributed by atoms with Gasteiger partial charge in [-0.1, -0.05) is 46.3 Å². The van der Waals surface area contributed by atoms with Crippen LogP contribution in [0.15, 0.2) is 46.9 Å². The Hall–Kier alpha value is -1.36. The van der Waals surface area contributed by atoms with E-state index in [-0.39, 0.29) is 24.4 Å². The van der Waals surface area contributed by atoms with E-state index in [1.165, 1.54) is 11.1 Å². The molecule has 2 aromatic rings. The molecule has 1 unspecified atom stereocenters. The molecule has 1 atom stereocenters. The van der Waals surface area contributed by atoms with Gasteiger partial charge in [-0.25, -0.2) is 0 Å². The zero-order chi connectivity index (χ0) is 15.5. The number of nitrogens with one attached hydrogen (secondary N) is 2. The first-order valence-electron chi connectivity index (χ1n) is 7.51. The molecule has 0 saturated carbocycles. The Bertz CT molecular complexity index is 705. The molecule has 0 spiro atoms. The zero-order valence-electron chi connectivity index (χ0n) is 12.9. The van der Waals surface area contributed by atoms with Gasteiger partial charge >= 0.3 is 0 Å². The van der Waals surface area contributed by atoms with Crippen LogP contribution in [0.2, 0.25) is 0 Å². The minimum absolute atomic E-state index is 0. The molecule has 23 heavy (non-hydrogen) atoms. The second-order valence-corrected chi connectivity index (χ2v) is 6.43. The summed E-state index contributed by atoms with van der Waals surface area (Å²) in [5, 5.41) is 6.54. The average Bonchev–Trinajstić information content (AvgIpc) is 2.55. The number of fused-ring (bicyclic) bond motifs is 1. The van der Waals surface area contributed by atoms with E-state index in [1.807, 2.05) is 25.1 Å². The largest absolute Gasteiger partial charge is 0.350 e. The lowest BCUT2D eigenvalue weighted by Gasteiger charge is -2.27.